The van der Waals surface area contributed by atoms with E-state index in [0.717, 1.165) is 16.9 Å². The van der Waals surface area contributed by atoms with E-state index < -0.39 is 0 Å². The highest BCUT2D eigenvalue weighted by molar-refractivity contribution is 8.27. The number of thioether (sulfide) groups is 1. The Morgan fingerprint density at radius 3 is 2.26 bits per heavy atom. The number of hydrogen-bond donors (Lipinski definition) is 0. The highest BCUT2D eigenvalue weighted by Crippen LogP contribution is 2.36. The minimum absolute atomic E-state index is 0.279. The van der Waals surface area contributed by atoms with Crippen LogP contribution in [0.15, 0.2) is 64.3 Å². The molecule has 0 aliphatic carbocycles. The Labute approximate surface area is 190 Å². The largest absolute Gasteiger partial charge is 0.378 e. The van der Waals surface area contributed by atoms with Crippen molar-refractivity contribution in [1.82, 2.24) is 9.36 Å². The molecule has 0 spiro atoms. The Morgan fingerprint density at radius 2 is 1.65 bits per heavy atom. The highest BCUT2D eigenvalue weighted by Gasteiger charge is 2.37. The molecule has 1 fully saturated rings. The van der Waals surface area contributed by atoms with Crippen molar-refractivity contribution in [1.29, 1.82) is 0 Å². The fourth-order valence-corrected chi connectivity index (χ4v) is 4.76. The van der Waals surface area contributed by atoms with Crippen molar-refractivity contribution in [3.8, 4) is 5.69 Å². The zero-order chi connectivity index (χ0) is 22.3. The van der Waals surface area contributed by atoms with Crippen LogP contribution in [0.25, 0.3) is 11.8 Å². The Kier molecular flexibility index (Phi) is 5.60. The Morgan fingerprint density at radius 1 is 1.00 bits per heavy atom. The smallest absolute Gasteiger partial charge is 0.296 e. The van der Waals surface area contributed by atoms with Crippen molar-refractivity contribution in [3.63, 3.8) is 0 Å². The van der Waals surface area contributed by atoms with Gasteiger partial charge in [-0.1, -0.05) is 54.3 Å². The summed E-state index contributed by atoms with van der Waals surface area (Å²) in [6.07, 6.45) is 1.81. The molecule has 1 aromatic heterocycles. The first-order valence-corrected chi connectivity index (χ1v) is 10.9. The van der Waals surface area contributed by atoms with Gasteiger partial charge in [-0.3, -0.25) is 19.2 Å². The van der Waals surface area contributed by atoms with E-state index in [1.165, 1.54) is 16.7 Å². The number of rotatable bonds is 4. The van der Waals surface area contributed by atoms with Crippen molar-refractivity contribution in [2.45, 2.75) is 6.92 Å². The normalized spacial score (nSPS) is 15.2. The van der Waals surface area contributed by atoms with Gasteiger partial charge in [0, 0.05) is 26.8 Å². The van der Waals surface area contributed by atoms with Crippen molar-refractivity contribution < 1.29 is 4.79 Å². The van der Waals surface area contributed by atoms with Gasteiger partial charge < -0.3 is 4.90 Å². The summed E-state index contributed by atoms with van der Waals surface area (Å²) in [5, 5.41) is 0. The first kappa shape index (κ1) is 21.1. The lowest BCUT2D eigenvalue weighted by Gasteiger charge is -2.12. The summed E-state index contributed by atoms with van der Waals surface area (Å²) < 4.78 is 3.65. The van der Waals surface area contributed by atoms with Gasteiger partial charge in [0.2, 0.25) is 0 Å². The fourth-order valence-electron chi connectivity index (χ4n) is 3.49. The summed E-state index contributed by atoms with van der Waals surface area (Å²) in [7, 11) is 5.75. The van der Waals surface area contributed by atoms with Crippen molar-refractivity contribution in [2.24, 2.45) is 7.05 Å². The topological polar surface area (TPSA) is 50.5 Å². The monoisotopic (exact) mass is 450 g/mol. The quantitative estimate of drug-likeness (QED) is 0.445. The fraction of sp³-hybridized carbons (Fsp3) is 0.174. The lowest BCUT2D eigenvalue weighted by molar-refractivity contribution is -0.113. The average molecular weight is 451 g/mol. The van der Waals surface area contributed by atoms with Gasteiger partial charge in [0.25, 0.3) is 11.5 Å². The Hall–Kier alpha value is -3.10. The van der Waals surface area contributed by atoms with Crippen LogP contribution in [0, 0.1) is 6.92 Å². The van der Waals surface area contributed by atoms with Crippen LogP contribution < -0.4 is 15.4 Å². The maximum atomic E-state index is 13.3. The summed E-state index contributed by atoms with van der Waals surface area (Å²) in [4.78, 5) is 30.4. The minimum Gasteiger partial charge on any atom is -0.378 e. The molecule has 1 saturated heterocycles. The Balaban J connectivity index is 1.73. The summed E-state index contributed by atoms with van der Waals surface area (Å²) >= 11 is 6.71. The van der Waals surface area contributed by atoms with Crippen LogP contribution in [0.5, 0.6) is 0 Å². The van der Waals surface area contributed by atoms with E-state index in [-0.39, 0.29) is 11.5 Å². The average Bonchev–Trinajstić information content (AvgIpc) is 3.14. The molecule has 1 aliphatic heterocycles. The molecule has 0 unspecified atom stereocenters. The number of benzene rings is 2. The third-order valence-corrected chi connectivity index (χ3v) is 6.55. The second kappa shape index (κ2) is 8.20. The molecule has 0 atom stereocenters. The standard InChI is InChI=1S/C23H22N4O2S2/c1-15-20(22(29)27(25(15)4)18-8-6-5-7-9-18)26-21(28)19(31-23(26)30)14-16-10-12-17(13-11-16)24(2)3/h5-14H,1-4H3. The van der Waals surface area contributed by atoms with E-state index >= 15 is 0 Å². The number of amides is 1. The summed E-state index contributed by atoms with van der Waals surface area (Å²) in [6.45, 7) is 1.82. The van der Waals surface area contributed by atoms with Crippen LogP contribution in [-0.4, -0.2) is 33.7 Å². The van der Waals surface area contributed by atoms with Gasteiger partial charge in [-0.25, -0.2) is 4.68 Å². The lowest BCUT2D eigenvalue weighted by atomic mass is 10.2. The zero-order valence-electron chi connectivity index (χ0n) is 17.7. The van der Waals surface area contributed by atoms with Gasteiger partial charge in [0.05, 0.1) is 16.3 Å². The van der Waals surface area contributed by atoms with Gasteiger partial charge >= 0.3 is 0 Å². The van der Waals surface area contributed by atoms with Crippen LogP contribution in [0.1, 0.15) is 11.3 Å². The molecular weight excluding hydrogens is 428 g/mol. The van der Waals surface area contributed by atoms with Crippen LogP contribution in [0.2, 0.25) is 0 Å². The molecule has 0 saturated carbocycles. The van der Waals surface area contributed by atoms with Crippen LogP contribution in [0.4, 0.5) is 11.4 Å². The molecular formula is C23H22N4O2S2. The zero-order valence-corrected chi connectivity index (χ0v) is 19.3. The van der Waals surface area contributed by atoms with Crippen LogP contribution >= 0.6 is 24.0 Å². The van der Waals surface area contributed by atoms with Crippen molar-refractivity contribution >= 4 is 51.7 Å². The molecule has 2 aromatic carbocycles. The van der Waals surface area contributed by atoms with E-state index in [1.807, 2.05) is 86.6 Å². The predicted molar refractivity (Wildman–Crippen MR) is 132 cm³/mol. The Bertz CT molecular complexity index is 1260. The molecule has 1 amide bonds. The van der Waals surface area contributed by atoms with Gasteiger partial charge in [-0.2, -0.15) is 0 Å². The number of carbonyl (C=O) groups excluding carboxylic acids is 1. The number of para-hydroxylation sites is 1. The molecule has 0 radical (unpaired) electrons. The molecule has 3 aromatic rings. The SMILES string of the molecule is Cc1c(N2C(=O)C(=Cc3ccc(N(C)C)cc3)SC2=S)c(=O)n(-c2ccccc2)n1C. The molecule has 0 bridgehead atoms. The maximum absolute atomic E-state index is 13.3. The number of thiocarbonyl (C=S) groups is 1. The van der Waals surface area contributed by atoms with E-state index in [0.29, 0.717) is 20.6 Å². The molecule has 0 N–H and O–H groups in total. The molecule has 1 aliphatic rings. The van der Waals surface area contributed by atoms with Gasteiger partial charge in [-0.05, 0) is 42.8 Å². The predicted octanol–water partition coefficient (Wildman–Crippen LogP) is 3.96. The number of hydrogen-bond acceptors (Lipinski definition) is 5. The van der Waals surface area contributed by atoms with Crippen LogP contribution in [-0.2, 0) is 11.8 Å². The highest BCUT2D eigenvalue weighted by atomic mass is 32.2. The summed E-state index contributed by atoms with van der Waals surface area (Å²) in [5.41, 5.74) is 3.39. The van der Waals surface area contributed by atoms with E-state index in [2.05, 4.69) is 0 Å². The minimum atomic E-state index is -0.280. The van der Waals surface area contributed by atoms with Crippen molar-refractivity contribution in [2.75, 3.05) is 23.9 Å². The van der Waals surface area contributed by atoms with E-state index in [9.17, 15) is 9.59 Å². The van der Waals surface area contributed by atoms with Gasteiger partial charge in [0.1, 0.15) is 5.69 Å². The second-order valence-electron chi connectivity index (χ2n) is 7.41. The van der Waals surface area contributed by atoms with E-state index in [4.69, 9.17) is 12.2 Å². The second-order valence-corrected chi connectivity index (χ2v) is 9.09. The van der Waals surface area contributed by atoms with E-state index in [1.54, 1.807) is 16.4 Å². The third-order valence-electron chi connectivity index (χ3n) is 5.25. The van der Waals surface area contributed by atoms with Crippen LogP contribution in [0.3, 0.4) is 0 Å². The van der Waals surface area contributed by atoms with Gasteiger partial charge in [-0.15, -0.1) is 0 Å². The summed E-state index contributed by atoms with van der Waals surface area (Å²) in [6, 6.07) is 17.2. The molecule has 31 heavy (non-hydrogen) atoms. The molecule has 2 heterocycles. The number of nitrogens with zero attached hydrogens (tertiary/aromatic N) is 4. The number of anilines is 2. The lowest BCUT2D eigenvalue weighted by Crippen LogP contribution is -2.33. The molecule has 8 heteroatoms. The third kappa shape index (κ3) is 3.73. The first-order chi connectivity index (χ1) is 14.8. The molecule has 6 nitrogen and oxygen atoms in total. The van der Waals surface area contributed by atoms with Crippen molar-refractivity contribution in [3.05, 3.63) is 81.1 Å². The summed E-state index contributed by atoms with van der Waals surface area (Å²) in [5.74, 6) is -0.280. The number of aromatic nitrogens is 2. The first-order valence-electron chi connectivity index (χ1n) is 9.69. The molecule has 158 valence electrons. The number of carbonyl (C=O) groups is 1. The molecule has 4 rings (SSSR count). The maximum Gasteiger partial charge on any atom is 0.296 e. The van der Waals surface area contributed by atoms with Gasteiger partial charge in [0.15, 0.2) is 4.32 Å².